The smallest absolute Gasteiger partial charge is 0.177 e. The lowest BCUT2D eigenvalue weighted by Gasteiger charge is -2.30. The highest BCUT2D eigenvalue weighted by molar-refractivity contribution is 5.63. The molecule has 8 nitrogen and oxygen atoms in total. The van der Waals surface area contributed by atoms with Gasteiger partial charge in [-0.25, -0.2) is 0 Å². The summed E-state index contributed by atoms with van der Waals surface area (Å²) < 4.78 is 3.53. The number of aryl methyl sites for hydroxylation is 2. The van der Waals surface area contributed by atoms with E-state index in [0.29, 0.717) is 0 Å². The second-order valence-corrected chi connectivity index (χ2v) is 6.69. The Morgan fingerprint density at radius 2 is 2.04 bits per heavy atom. The predicted molar refractivity (Wildman–Crippen MR) is 96.7 cm³/mol. The summed E-state index contributed by atoms with van der Waals surface area (Å²) in [5, 5.41) is 16.9. The van der Waals surface area contributed by atoms with Gasteiger partial charge in [0.15, 0.2) is 11.5 Å². The molecule has 0 aliphatic carbocycles. The van der Waals surface area contributed by atoms with Crippen LogP contribution in [0.1, 0.15) is 16.8 Å². The van der Waals surface area contributed by atoms with E-state index in [1.165, 1.54) is 5.56 Å². The first kappa shape index (κ1) is 15.0. The fraction of sp³-hybridized carbons (Fsp3) is 0.278. The monoisotopic (exact) mass is 346 g/mol. The number of anilines is 1. The van der Waals surface area contributed by atoms with Gasteiger partial charge in [0.2, 0.25) is 0 Å². The second-order valence-electron chi connectivity index (χ2n) is 6.69. The summed E-state index contributed by atoms with van der Waals surface area (Å²) in [5.74, 6) is 0.967. The molecule has 4 aromatic heterocycles. The van der Waals surface area contributed by atoms with E-state index in [1.54, 1.807) is 10.8 Å². The molecule has 130 valence electrons. The first-order valence-electron chi connectivity index (χ1n) is 8.57. The summed E-state index contributed by atoms with van der Waals surface area (Å²) in [5.41, 5.74) is 6.45. The summed E-state index contributed by atoms with van der Waals surface area (Å²) >= 11 is 0. The number of hydrogen-bond donors (Lipinski definition) is 0. The summed E-state index contributed by atoms with van der Waals surface area (Å²) in [6.45, 7) is 3.75. The topological polar surface area (TPSA) is 77.0 Å². The number of rotatable bonds is 2. The van der Waals surface area contributed by atoms with Crippen molar-refractivity contribution in [1.29, 1.82) is 0 Å². The van der Waals surface area contributed by atoms with Crippen molar-refractivity contribution in [2.75, 3.05) is 11.4 Å². The minimum Gasteiger partial charge on any atom is -0.350 e. The van der Waals surface area contributed by atoms with E-state index in [9.17, 15) is 0 Å². The van der Waals surface area contributed by atoms with Crippen LogP contribution < -0.4 is 4.90 Å². The van der Waals surface area contributed by atoms with Crippen molar-refractivity contribution in [1.82, 2.24) is 34.6 Å². The van der Waals surface area contributed by atoms with Gasteiger partial charge >= 0.3 is 0 Å². The quantitative estimate of drug-likeness (QED) is 0.551. The molecule has 0 radical (unpaired) electrons. The first-order valence-corrected chi connectivity index (χ1v) is 8.57. The molecule has 5 rings (SSSR count). The molecular formula is C18H18N8. The summed E-state index contributed by atoms with van der Waals surface area (Å²) in [4.78, 5) is 6.99. The molecule has 26 heavy (non-hydrogen) atoms. The highest BCUT2D eigenvalue weighted by Crippen LogP contribution is 2.28. The minimum absolute atomic E-state index is 0.768. The van der Waals surface area contributed by atoms with Crippen molar-refractivity contribution in [2.45, 2.75) is 19.9 Å². The predicted octanol–water partition coefficient (Wildman–Crippen LogP) is 1.79. The Morgan fingerprint density at radius 3 is 2.88 bits per heavy atom. The van der Waals surface area contributed by atoms with E-state index in [0.717, 1.165) is 53.4 Å². The zero-order valence-electron chi connectivity index (χ0n) is 14.7. The standard InChI is InChI=1S/C18H18N8/c1-12-5-17-22-20-11-26(17)23-18(12)25-4-3-16-14(10-25)6-13(7-19-16)15-8-21-24(2)9-15/h5-9,11H,3-4,10H2,1-2H3. The lowest BCUT2D eigenvalue weighted by molar-refractivity contribution is 0.689. The van der Waals surface area contributed by atoms with Gasteiger partial charge in [-0.1, -0.05) is 0 Å². The molecule has 1 aliphatic heterocycles. The average molecular weight is 346 g/mol. The van der Waals surface area contributed by atoms with Gasteiger partial charge in [0.1, 0.15) is 6.33 Å². The maximum Gasteiger partial charge on any atom is 0.177 e. The van der Waals surface area contributed by atoms with Crippen molar-refractivity contribution in [2.24, 2.45) is 7.05 Å². The third-order valence-corrected chi connectivity index (χ3v) is 4.83. The lowest BCUT2D eigenvalue weighted by Crippen LogP contribution is -2.32. The molecule has 0 bridgehead atoms. The SMILES string of the molecule is Cc1cc2nncn2nc1N1CCc2ncc(-c3cnn(C)c3)cc2C1. The molecular weight excluding hydrogens is 328 g/mol. The third kappa shape index (κ3) is 2.42. The van der Waals surface area contributed by atoms with Crippen LogP contribution in [-0.2, 0) is 20.0 Å². The molecule has 0 spiro atoms. The van der Waals surface area contributed by atoms with Crippen LogP contribution >= 0.6 is 0 Å². The minimum atomic E-state index is 0.768. The maximum atomic E-state index is 4.70. The van der Waals surface area contributed by atoms with Gasteiger partial charge < -0.3 is 4.90 Å². The van der Waals surface area contributed by atoms with Gasteiger partial charge in [0, 0.05) is 55.8 Å². The van der Waals surface area contributed by atoms with E-state index < -0.39 is 0 Å². The largest absolute Gasteiger partial charge is 0.350 e. The lowest BCUT2D eigenvalue weighted by atomic mass is 10.0. The van der Waals surface area contributed by atoms with E-state index in [2.05, 4.69) is 38.2 Å². The Hall–Kier alpha value is -3.29. The molecule has 0 amide bonds. The molecule has 4 aromatic rings. The molecule has 0 saturated carbocycles. The van der Waals surface area contributed by atoms with Crippen LogP contribution in [0.4, 0.5) is 5.82 Å². The van der Waals surface area contributed by atoms with Crippen LogP contribution in [0.3, 0.4) is 0 Å². The Bertz CT molecular complexity index is 1110. The molecule has 0 unspecified atom stereocenters. The summed E-state index contributed by atoms with van der Waals surface area (Å²) in [7, 11) is 1.92. The molecule has 0 fully saturated rings. The van der Waals surface area contributed by atoms with Crippen molar-refractivity contribution in [3.05, 3.63) is 53.9 Å². The van der Waals surface area contributed by atoms with Crippen molar-refractivity contribution >= 4 is 11.5 Å². The van der Waals surface area contributed by atoms with Crippen LogP contribution in [0.25, 0.3) is 16.8 Å². The van der Waals surface area contributed by atoms with Gasteiger partial charge in [-0.05, 0) is 30.2 Å². The van der Waals surface area contributed by atoms with Gasteiger partial charge in [-0.3, -0.25) is 9.67 Å². The van der Waals surface area contributed by atoms with E-state index >= 15 is 0 Å². The van der Waals surface area contributed by atoms with Crippen molar-refractivity contribution in [3.8, 4) is 11.1 Å². The maximum absolute atomic E-state index is 4.70. The molecule has 0 N–H and O–H groups in total. The van der Waals surface area contributed by atoms with E-state index in [-0.39, 0.29) is 0 Å². The number of nitrogens with zero attached hydrogens (tertiary/aromatic N) is 8. The number of aromatic nitrogens is 7. The van der Waals surface area contributed by atoms with E-state index in [4.69, 9.17) is 5.10 Å². The van der Waals surface area contributed by atoms with Crippen LogP contribution in [-0.4, -0.2) is 41.1 Å². The van der Waals surface area contributed by atoms with Crippen molar-refractivity contribution < 1.29 is 0 Å². The number of fused-ring (bicyclic) bond motifs is 2. The molecule has 1 aliphatic rings. The average Bonchev–Trinajstić information content (AvgIpc) is 3.28. The first-order chi connectivity index (χ1) is 12.7. The van der Waals surface area contributed by atoms with Gasteiger partial charge in [0.05, 0.1) is 6.20 Å². The molecule has 5 heterocycles. The van der Waals surface area contributed by atoms with Crippen LogP contribution in [0, 0.1) is 6.92 Å². The van der Waals surface area contributed by atoms with Crippen LogP contribution in [0.2, 0.25) is 0 Å². The number of hydrogen-bond acceptors (Lipinski definition) is 6. The Balaban J connectivity index is 1.51. The van der Waals surface area contributed by atoms with Gasteiger partial charge in [-0.2, -0.15) is 9.61 Å². The Labute approximate surface area is 150 Å². The van der Waals surface area contributed by atoms with Gasteiger partial charge in [0.25, 0.3) is 0 Å². The molecule has 0 saturated heterocycles. The number of pyridine rings is 1. The fourth-order valence-electron chi connectivity index (χ4n) is 3.50. The van der Waals surface area contributed by atoms with E-state index in [1.807, 2.05) is 36.4 Å². The van der Waals surface area contributed by atoms with Crippen LogP contribution in [0.5, 0.6) is 0 Å². The van der Waals surface area contributed by atoms with Crippen LogP contribution in [0.15, 0.2) is 37.1 Å². The molecule has 0 atom stereocenters. The normalized spacial score (nSPS) is 14.0. The van der Waals surface area contributed by atoms with Gasteiger partial charge in [-0.15, -0.1) is 15.3 Å². The Kier molecular flexibility index (Phi) is 3.24. The highest BCUT2D eigenvalue weighted by atomic mass is 15.4. The zero-order chi connectivity index (χ0) is 17.7. The molecule has 8 heteroatoms. The fourth-order valence-corrected chi connectivity index (χ4v) is 3.50. The van der Waals surface area contributed by atoms with Crippen molar-refractivity contribution in [3.63, 3.8) is 0 Å². The highest BCUT2D eigenvalue weighted by Gasteiger charge is 2.21. The Morgan fingerprint density at radius 1 is 1.12 bits per heavy atom. The third-order valence-electron chi connectivity index (χ3n) is 4.83. The zero-order valence-corrected chi connectivity index (χ0v) is 14.7. The summed E-state index contributed by atoms with van der Waals surface area (Å²) in [6, 6.07) is 4.24. The molecule has 0 aromatic carbocycles. The summed E-state index contributed by atoms with van der Waals surface area (Å²) in [6.07, 6.45) is 8.37. The second kappa shape index (κ2) is 5.62.